The van der Waals surface area contributed by atoms with Crippen LogP contribution in [-0.2, 0) is 18.9 Å². The van der Waals surface area contributed by atoms with Crippen molar-refractivity contribution in [1.82, 2.24) is 0 Å². The third-order valence-corrected chi connectivity index (χ3v) is 8.00. The van der Waals surface area contributed by atoms with Gasteiger partial charge in [0.2, 0.25) is 0 Å². The molecule has 18 heavy (non-hydrogen) atoms. The first-order valence-corrected chi connectivity index (χ1v) is 10.9. The molecule has 0 fully saturated rings. The molecule has 0 aliphatic heterocycles. The second-order valence-electron chi connectivity index (χ2n) is 4.50. The lowest BCUT2D eigenvalue weighted by molar-refractivity contribution is -0.103. The molecule has 0 radical (unpaired) electrons. The largest absolute Gasteiger partial charge is 0.356 e. The highest BCUT2D eigenvalue weighted by Gasteiger charge is 2.05. The van der Waals surface area contributed by atoms with E-state index in [1.165, 1.54) is 24.2 Å². The molecule has 0 aromatic carbocycles. The van der Waals surface area contributed by atoms with Gasteiger partial charge in [0.25, 0.3) is 0 Å². The third-order valence-electron chi connectivity index (χ3n) is 3.18. The molecule has 0 aliphatic carbocycles. The van der Waals surface area contributed by atoms with Crippen molar-refractivity contribution < 1.29 is 18.9 Å². The number of rotatable bonds is 13. The molecule has 0 spiro atoms. The molecule has 0 rings (SSSR count). The summed E-state index contributed by atoms with van der Waals surface area (Å²) < 4.78 is 20.7. The first-order valence-electron chi connectivity index (χ1n) is 6.89. The van der Waals surface area contributed by atoms with Crippen LogP contribution in [0.15, 0.2) is 0 Å². The molecule has 0 heterocycles. The first kappa shape index (κ1) is 18.3. The molecule has 0 saturated heterocycles. The summed E-state index contributed by atoms with van der Waals surface area (Å²) in [4.78, 5) is 0. The minimum absolute atomic E-state index is 0.0129. The zero-order chi connectivity index (χ0) is 13.6. The van der Waals surface area contributed by atoms with Gasteiger partial charge in [-0.05, 0) is 12.8 Å². The van der Waals surface area contributed by atoms with Gasteiger partial charge >= 0.3 is 0 Å². The van der Waals surface area contributed by atoms with Crippen molar-refractivity contribution in [2.24, 2.45) is 0 Å². The fourth-order valence-corrected chi connectivity index (χ4v) is 6.77. The van der Waals surface area contributed by atoms with Gasteiger partial charge in [0.1, 0.15) is 0 Å². The quantitative estimate of drug-likeness (QED) is 0.289. The van der Waals surface area contributed by atoms with Crippen molar-refractivity contribution in [1.29, 1.82) is 0 Å². The molecule has 4 nitrogen and oxygen atoms in total. The Balaban J connectivity index is 3.21. The van der Waals surface area contributed by atoms with E-state index in [1.807, 2.05) is 0 Å². The number of hydrogen-bond acceptors (Lipinski definition) is 4. The van der Waals surface area contributed by atoms with E-state index in [2.05, 4.69) is 0 Å². The van der Waals surface area contributed by atoms with Crippen LogP contribution in [0.5, 0.6) is 0 Å². The number of hydrogen-bond donors (Lipinski definition) is 0. The highest BCUT2D eigenvalue weighted by Crippen LogP contribution is 2.06. The summed E-state index contributed by atoms with van der Waals surface area (Å²) in [5.41, 5.74) is 0. The summed E-state index contributed by atoms with van der Waals surface area (Å²) in [6, 6.07) is 5.63. The highest BCUT2D eigenvalue weighted by atomic mass is 28.2. The maximum Gasteiger partial charge on any atom is 0.156 e. The smallest absolute Gasteiger partial charge is 0.156 e. The third kappa shape index (κ3) is 10.2. The lowest BCUT2D eigenvalue weighted by Crippen LogP contribution is -2.14. The Morgan fingerprint density at radius 1 is 0.611 bits per heavy atom. The molecular weight excluding hydrogens is 264 g/mol. The van der Waals surface area contributed by atoms with E-state index in [-0.39, 0.29) is 31.6 Å². The van der Waals surface area contributed by atoms with Crippen LogP contribution in [0.3, 0.4) is 0 Å². The molecule has 0 atom stereocenters. The van der Waals surface area contributed by atoms with E-state index in [0.29, 0.717) is 0 Å². The van der Waals surface area contributed by atoms with Crippen molar-refractivity contribution in [3.8, 4) is 0 Å². The van der Waals surface area contributed by atoms with Gasteiger partial charge in [-0.3, -0.25) is 0 Å². The average molecular weight is 295 g/mol. The van der Waals surface area contributed by atoms with Crippen LogP contribution in [0, 0.1) is 0 Å². The molecule has 110 valence electrons. The predicted octanol–water partition coefficient (Wildman–Crippen LogP) is 1.02. The van der Waals surface area contributed by atoms with Gasteiger partial charge in [0.15, 0.2) is 12.6 Å². The lowest BCUT2D eigenvalue weighted by Gasteiger charge is -2.13. The van der Waals surface area contributed by atoms with E-state index in [1.54, 1.807) is 28.4 Å². The summed E-state index contributed by atoms with van der Waals surface area (Å²) in [6.45, 7) is 0. The number of ether oxygens (including phenoxy) is 4. The molecule has 0 aromatic rings. The van der Waals surface area contributed by atoms with Gasteiger partial charge in [-0.15, -0.1) is 0 Å². The monoisotopic (exact) mass is 294 g/mol. The maximum atomic E-state index is 5.18. The van der Waals surface area contributed by atoms with Gasteiger partial charge in [-0.2, -0.15) is 0 Å². The van der Waals surface area contributed by atoms with Crippen LogP contribution in [0.2, 0.25) is 24.2 Å². The molecule has 0 amide bonds. The Hall–Kier alpha value is 0.274. The Morgan fingerprint density at radius 3 is 1.22 bits per heavy atom. The van der Waals surface area contributed by atoms with Crippen LogP contribution in [0.1, 0.15) is 12.8 Å². The van der Waals surface area contributed by atoms with E-state index >= 15 is 0 Å². The summed E-state index contributed by atoms with van der Waals surface area (Å²) in [6.07, 6.45) is 2.16. The fraction of sp³-hybridized carbons (Fsp3) is 1.00. The van der Waals surface area contributed by atoms with Crippen LogP contribution >= 0.6 is 0 Å². The Morgan fingerprint density at radius 2 is 0.944 bits per heavy atom. The Labute approximate surface area is 116 Å². The first-order chi connectivity index (χ1) is 8.78. The van der Waals surface area contributed by atoms with Gasteiger partial charge in [0.05, 0.1) is 0 Å². The van der Waals surface area contributed by atoms with Crippen molar-refractivity contribution in [3.63, 3.8) is 0 Å². The number of methoxy groups -OCH3 is 4. The van der Waals surface area contributed by atoms with Crippen molar-refractivity contribution in [2.75, 3.05) is 28.4 Å². The summed E-state index contributed by atoms with van der Waals surface area (Å²) in [5.74, 6) is 0. The summed E-state index contributed by atoms with van der Waals surface area (Å²) >= 11 is 0. The second-order valence-corrected chi connectivity index (χ2v) is 8.74. The molecule has 0 N–H and O–H groups in total. The van der Waals surface area contributed by atoms with Gasteiger partial charge in [-0.25, -0.2) is 0 Å². The maximum absolute atomic E-state index is 5.18. The molecule has 0 saturated carbocycles. The van der Waals surface area contributed by atoms with E-state index in [9.17, 15) is 0 Å². The van der Waals surface area contributed by atoms with Crippen LogP contribution < -0.4 is 0 Å². The normalized spacial score (nSPS) is 13.0. The predicted molar refractivity (Wildman–Crippen MR) is 81.2 cm³/mol. The molecular formula is C12H30O4Si2. The highest BCUT2D eigenvalue weighted by molar-refractivity contribution is 6.42. The molecule has 0 aliphatic rings. The van der Waals surface area contributed by atoms with E-state index in [0.717, 1.165) is 12.8 Å². The van der Waals surface area contributed by atoms with Gasteiger partial charge in [0, 0.05) is 47.5 Å². The standard InChI is InChI=1S/C12H30O4Si2/c1-13-11(14-2)5-7-17-9-10-18-8-6-12(15-3)16-4/h11-12H,5-10,17-18H2,1-4H3. The minimum atomic E-state index is 0.0129. The van der Waals surface area contributed by atoms with E-state index < -0.39 is 0 Å². The summed E-state index contributed by atoms with van der Waals surface area (Å²) in [7, 11) is 7.06. The topological polar surface area (TPSA) is 36.9 Å². The molecule has 6 heteroatoms. The average Bonchev–Trinajstić information content (AvgIpc) is 2.41. The van der Waals surface area contributed by atoms with Crippen LogP contribution in [-0.4, -0.2) is 60.1 Å². The Bertz CT molecular complexity index is 146. The molecule has 0 bridgehead atoms. The minimum Gasteiger partial charge on any atom is -0.356 e. The summed E-state index contributed by atoms with van der Waals surface area (Å²) in [5, 5.41) is 0. The van der Waals surface area contributed by atoms with Crippen molar-refractivity contribution in [3.05, 3.63) is 0 Å². The SMILES string of the molecule is COC(CC[SiH2]CC[SiH2]CCC(OC)OC)OC. The molecule has 0 aromatic heterocycles. The van der Waals surface area contributed by atoms with E-state index in [4.69, 9.17) is 18.9 Å². The van der Waals surface area contributed by atoms with Gasteiger partial charge < -0.3 is 18.9 Å². The second kappa shape index (κ2) is 13.7. The van der Waals surface area contributed by atoms with Gasteiger partial charge in [-0.1, -0.05) is 24.2 Å². The zero-order valence-corrected chi connectivity index (χ0v) is 15.3. The molecule has 0 unspecified atom stereocenters. The fourth-order valence-electron chi connectivity index (χ4n) is 1.99. The Kier molecular flexibility index (Phi) is 13.9. The zero-order valence-electron chi connectivity index (χ0n) is 12.4. The van der Waals surface area contributed by atoms with Crippen molar-refractivity contribution >= 4 is 19.0 Å². The van der Waals surface area contributed by atoms with Crippen molar-refractivity contribution in [2.45, 2.75) is 49.6 Å². The van der Waals surface area contributed by atoms with Crippen LogP contribution in [0.25, 0.3) is 0 Å². The lowest BCUT2D eigenvalue weighted by atomic mass is 10.5. The van der Waals surface area contributed by atoms with Crippen LogP contribution in [0.4, 0.5) is 0 Å².